The summed E-state index contributed by atoms with van der Waals surface area (Å²) in [6, 6.07) is 8.81. The summed E-state index contributed by atoms with van der Waals surface area (Å²) in [5, 5.41) is 2.40. The predicted molar refractivity (Wildman–Crippen MR) is 98.3 cm³/mol. The molecule has 3 aromatic rings. The second kappa shape index (κ2) is 7.67. The van der Waals surface area contributed by atoms with Crippen molar-refractivity contribution in [2.45, 2.75) is 13.0 Å². The Morgan fingerprint density at radius 1 is 1.40 bits per heavy atom. The summed E-state index contributed by atoms with van der Waals surface area (Å²) in [6.07, 6.45) is 0.216. The summed E-state index contributed by atoms with van der Waals surface area (Å²) in [5.41, 5.74) is 0.467. The van der Waals surface area contributed by atoms with Gasteiger partial charge in [0, 0.05) is 12.1 Å². The molecule has 0 aliphatic heterocycles. The maximum atomic E-state index is 12.2. The van der Waals surface area contributed by atoms with E-state index in [2.05, 4.69) is 9.97 Å². The van der Waals surface area contributed by atoms with Gasteiger partial charge in [-0.3, -0.25) is 9.59 Å². The molecular weight excluding hydrogens is 362 g/mol. The Morgan fingerprint density at radius 3 is 3.04 bits per heavy atom. The predicted octanol–water partition coefficient (Wildman–Crippen LogP) is 3.07. The molecule has 130 valence electrons. The molecule has 8 heteroatoms. The van der Waals surface area contributed by atoms with E-state index in [1.54, 1.807) is 37.4 Å². The number of H-pyrrole nitrogens is 1. The first kappa shape index (κ1) is 17.4. The van der Waals surface area contributed by atoms with E-state index in [0.717, 1.165) is 0 Å². The van der Waals surface area contributed by atoms with Gasteiger partial charge in [-0.1, -0.05) is 17.7 Å². The summed E-state index contributed by atoms with van der Waals surface area (Å²) in [7, 11) is 1.67. The standard InChI is InChI=1S/C17H16ClN3O3S/c1-21(10-14-19-13-6-8-25-16(13)17(23)20-14)15(22)5-7-24-12-4-2-3-11(18)9-12/h2-4,6,8-9H,5,7,10H2,1H3,(H,19,20,23). The molecule has 0 radical (unpaired) electrons. The minimum atomic E-state index is -0.180. The van der Waals surface area contributed by atoms with Crippen molar-refractivity contribution in [2.75, 3.05) is 13.7 Å². The van der Waals surface area contributed by atoms with Crippen molar-refractivity contribution in [1.29, 1.82) is 0 Å². The monoisotopic (exact) mass is 377 g/mol. The lowest BCUT2D eigenvalue weighted by Gasteiger charge is -2.16. The van der Waals surface area contributed by atoms with E-state index < -0.39 is 0 Å². The Balaban J connectivity index is 1.55. The molecule has 1 N–H and O–H groups in total. The summed E-state index contributed by atoms with van der Waals surface area (Å²) < 4.78 is 6.11. The number of benzene rings is 1. The SMILES string of the molecule is CN(Cc1nc2ccsc2c(=O)[nH]1)C(=O)CCOc1cccc(Cl)c1. The van der Waals surface area contributed by atoms with Crippen molar-refractivity contribution in [3.63, 3.8) is 0 Å². The quantitative estimate of drug-likeness (QED) is 0.716. The van der Waals surface area contributed by atoms with E-state index in [9.17, 15) is 9.59 Å². The number of thiophene rings is 1. The molecule has 0 fully saturated rings. The van der Waals surface area contributed by atoms with Crippen LogP contribution in [0, 0.1) is 0 Å². The zero-order chi connectivity index (χ0) is 17.8. The Morgan fingerprint density at radius 2 is 2.24 bits per heavy atom. The number of ether oxygens (including phenoxy) is 1. The van der Waals surface area contributed by atoms with E-state index in [-0.39, 0.29) is 31.0 Å². The molecule has 1 amide bonds. The molecule has 3 rings (SSSR count). The number of hydrogen-bond donors (Lipinski definition) is 1. The molecular formula is C17H16ClN3O3S. The normalized spacial score (nSPS) is 10.8. The maximum absolute atomic E-state index is 12.2. The van der Waals surface area contributed by atoms with Crippen LogP contribution in [-0.4, -0.2) is 34.4 Å². The van der Waals surface area contributed by atoms with Crippen LogP contribution in [0.1, 0.15) is 12.2 Å². The first-order chi connectivity index (χ1) is 12.0. The first-order valence-corrected chi connectivity index (χ1v) is 8.87. The van der Waals surface area contributed by atoms with Crippen LogP contribution in [0.15, 0.2) is 40.5 Å². The first-order valence-electron chi connectivity index (χ1n) is 7.61. The van der Waals surface area contributed by atoms with Crippen molar-refractivity contribution >= 4 is 39.1 Å². The van der Waals surface area contributed by atoms with Gasteiger partial charge in [0.15, 0.2) is 0 Å². The van der Waals surface area contributed by atoms with Gasteiger partial charge in [-0.15, -0.1) is 11.3 Å². The van der Waals surface area contributed by atoms with Crippen molar-refractivity contribution in [1.82, 2.24) is 14.9 Å². The second-order valence-electron chi connectivity index (χ2n) is 5.45. The van der Waals surface area contributed by atoms with Crippen LogP contribution in [0.25, 0.3) is 10.2 Å². The second-order valence-corrected chi connectivity index (χ2v) is 6.81. The van der Waals surface area contributed by atoms with Crippen molar-refractivity contribution in [3.05, 3.63) is 56.9 Å². The minimum absolute atomic E-state index is 0.102. The van der Waals surface area contributed by atoms with E-state index in [0.29, 0.717) is 26.8 Å². The van der Waals surface area contributed by atoms with Crippen molar-refractivity contribution < 1.29 is 9.53 Å². The third-order valence-electron chi connectivity index (χ3n) is 3.56. The molecule has 25 heavy (non-hydrogen) atoms. The molecule has 0 aliphatic rings. The van der Waals surface area contributed by atoms with Crippen LogP contribution >= 0.6 is 22.9 Å². The highest BCUT2D eigenvalue weighted by molar-refractivity contribution is 7.17. The average Bonchev–Trinajstić information content (AvgIpc) is 3.04. The highest BCUT2D eigenvalue weighted by atomic mass is 35.5. The molecule has 0 atom stereocenters. The van der Waals surface area contributed by atoms with Crippen LogP contribution in [-0.2, 0) is 11.3 Å². The zero-order valence-electron chi connectivity index (χ0n) is 13.5. The molecule has 0 bridgehead atoms. The van der Waals surface area contributed by atoms with Gasteiger partial charge < -0.3 is 14.6 Å². The van der Waals surface area contributed by atoms with Gasteiger partial charge >= 0.3 is 0 Å². The fourth-order valence-electron chi connectivity index (χ4n) is 2.31. The third-order valence-corrected chi connectivity index (χ3v) is 4.69. The smallest absolute Gasteiger partial charge is 0.268 e. The molecule has 0 saturated carbocycles. The molecule has 0 unspecified atom stereocenters. The van der Waals surface area contributed by atoms with Gasteiger partial charge in [-0.05, 0) is 29.6 Å². The molecule has 6 nitrogen and oxygen atoms in total. The largest absolute Gasteiger partial charge is 0.493 e. The van der Waals surface area contributed by atoms with Crippen LogP contribution < -0.4 is 10.3 Å². The zero-order valence-corrected chi connectivity index (χ0v) is 15.1. The lowest BCUT2D eigenvalue weighted by atomic mass is 10.3. The number of carbonyl (C=O) groups is 1. The average molecular weight is 378 g/mol. The molecule has 0 saturated heterocycles. The number of aromatic nitrogens is 2. The van der Waals surface area contributed by atoms with Crippen molar-refractivity contribution in [2.24, 2.45) is 0 Å². The van der Waals surface area contributed by atoms with Gasteiger partial charge in [0.25, 0.3) is 5.56 Å². The van der Waals surface area contributed by atoms with Gasteiger partial charge in [-0.25, -0.2) is 4.98 Å². The van der Waals surface area contributed by atoms with Crippen molar-refractivity contribution in [3.8, 4) is 5.75 Å². The highest BCUT2D eigenvalue weighted by Gasteiger charge is 2.12. The summed E-state index contributed by atoms with van der Waals surface area (Å²) >= 11 is 7.23. The number of nitrogens with zero attached hydrogens (tertiary/aromatic N) is 2. The van der Waals surface area contributed by atoms with E-state index in [4.69, 9.17) is 16.3 Å². The lowest BCUT2D eigenvalue weighted by molar-refractivity contribution is -0.131. The lowest BCUT2D eigenvalue weighted by Crippen LogP contribution is -2.29. The Hall–Kier alpha value is -2.38. The number of amides is 1. The third kappa shape index (κ3) is 4.37. The van der Waals surface area contributed by atoms with Gasteiger partial charge in [-0.2, -0.15) is 0 Å². The van der Waals surface area contributed by atoms with Crippen LogP contribution in [0.4, 0.5) is 0 Å². The molecule has 2 aromatic heterocycles. The number of hydrogen-bond acceptors (Lipinski definition) is 5. The number of nitrogens with one attached hydrogen (secondary N) is 1. The number of fused-ring (bicyclic) bond motifs is 1. The fraction of sp³-hybridized carbons (Fsp3) is 0.235. The number of carbonyl (C=O) groups excluding carboxylic acids is 1. The molecule has 0 aliphatic carbocycles. The number of rotatable bonds is 6. The van der Waals surface area contributed by atoms with Crippen LogP contribution in [0.5, 0.6) is 5.75 Å². The van der Waals surface area contributed by atoms with E-state index >= 15 is 0 Å². The highest BCUT2D eigenvalue weighted by Crippen LogP contribution is 2.17. The number of aromatic amines is 1. The molecule has 0 spiro atoms. The summed E-state index contributed by atoms with van der Waals surface area (Å²) in [4.78, 5) is 32.8. The Labute approximate surface area is 153 Å². The van der Waals surface area contributed by atoms with Gasteiger partial charge in [0.1, 0.15) is 16.3 Å². The van der Waals surface area contributed by atoms with E-state index in [1.165, 1.54) is 16.2 Å². The Bertz CT molecular complexity index is 953. The van der Waals surface area contributed by atoms with Gasteiger partial charge in [0.2, 0.25) is 5.91 Å². The maximum Gasteiger partial charge on any atom is 0.268 e. The van der Waals surface area contributed by atoms with Crippen LogP contribution in [0.3, 0.4) is 0 Å². The molecule has 2 heterocycles. The Kier molecular flexibility index (Phi) is 5.35. The summed E-state index contributed by atoms with van der Waals surface area (Å²) in [5.74, 6) is 0.981. The van der Waals surface area contributed by atoms with Gasteiger partial charge in [0.05, 0.1) is 25.1 Å². The van der Waals surface area contributed by atoms with E-state index in [1.807, 2.05) is 5.38 Å². The molecule has 1 aromatic carbocycles. The minimum Gasteiger partial charge on any atom is -0.493 e. The van der Waals surface area contributed by atoms with Crippen LogP contribution in [0.2, 0.25) is 5.02 Å². The summed E-state index contributed by atoms with van der Waals surface area (Å²) in [6.45, 7) is 0.480. The number of halogens is 1. The fourth-order valence-corrected chi connectivity index (χ4v) is 3.22. The topological polar surface area (TPSA) is 75.3 Å².